The van der Waals surface area contributed by atoms with Crippen LogP contribution in [0.2, 0.25) is 5.02 Å². The monoisotopic (exact) mass is 275 g/mol. The van der Waals surface area contributed by atoms with Crippen LogP contribution in [-0.4, -0.2) is 16.4 Å². The molecule has 0 saturated carbocycles. The van der Waals surface area contributed by atoms with Gasteiger partial charge in [-0.05, 0) is 36.4 Å². The third-order valence-electron chi connectivity index (χ3n) is 3.03. The molecule has 0 unspecified atom stereocenters. The average Bonchev–Trinajstić information content (AvgIpc) is 2.42. The molecule has 0 fully saturated rings. The van der Waals surface area contributed by atoms with Gasteiger partial charge in [0.15, 0.2) is 0 Å². The standard InChI is InChI=1S/C15H18ClN3/c1-2-19(11-14-5-3-4-8-18-14)10-12-6-7-13(17)9-15(12)16/h3-9H,2,10-11,17H2,1H3. The lowest BCUT2D eigenvalue weighted by atomic mass is 10.2. The van der Waals surface area contributed by atoms with Crippen molar-refractivity contribution in [2.24, 2.45) is 0 Å². The minimum absolute atomic E-state index is 0.696. The van der Waals surface area contributed by atoms with Crippen molar-refractivity contribution in [3.63, 3.8) is 0 Å². The number of halogens is 1. The molecule has 0 aliphatic rings. The molecule has 1 aromatic heterocycles. The third kappa shape index (κ3) is 3.94. The molecule has 0 atom stereocenters. The first-order valence-electron chi connectivity index (χ1n) is 6.35. The molecule has 2 N–H and O–H groups in total. The van der Waals surface area contributed by atoms with E-state index in [9.17, 15) is 0 Å². The summed E-state index contributed by atoms with van der Waals surface area (Å²) in [5.74, 6) is 0. The van der Waals surface area contributed by atoms with Crippen LogP contribution in [0.3, 0.4) is 0 Å². The van der Waals surface area contributed by atoms with Crippen molar-refractivity contribution in [3.05, 3.63) is 58.9 Å². The molecule has 4 heteroatoms. The van der Waals surface area contributed by atoms with Crippen molar-refractivity contribution in [2.75, 3.05) is 12.3 Å². The summed E-state index contributed by atoms with van der Waals surface area (Å²) < 4.78 is 0. The number of nitrogens with zero attached hydrogens (tertiary/aromatic N) is 2. The smallest absolute Gasteiger partial charge is 0.0544 e. The molecular formula is C15H18ClN3. The van der Waals surface area contributed by atoms with Crippen molar-refractivity contribution in [1.82, 2.24) is 9.88 Å². The minimum atomic E-state index is 0.696. The SMILES string of the molecule is CCN(Cc1ccccn1)Cc1ccc(N)cc1Cl. The molecule has 0 bridgehead atoms. The predicted molar refractivity (Wildman–Crippen MR) is 79.9 cm³/mol. The van der Waals surface area contributed by atoms with Gasteiger partial charge in [-0.15, -0.1) is 0 Å². The van der Waals surface area contributed by atoms with Gasteiger partial charge in [-0.25, -0.2) is 0 Å². The fourth-order valence-electron chi connectivity index (χ4n) is 1.93. The normalized spacial score (nSPS) is 10.9. The molecule has 0 spiro atoms. The van der Waals surface area contributed by atoms with E-state index in [-0.39, 0.29) is 0 Å². The Kier molecular flexibility index (Phi) is 4.77. The molecule has 1 heterocycles. The van der Waals surface area contributed by atoms with Crippen LogP contribution < -0.4 is 5.73 Å². The lowest BCUT2D eigenvalue weighted by Gasteiger charge is -2.20. The van der Waals surface area contributed by atoms with E-state index >= 15 is 0 Å². The van der Waals surface area contributed by atoms with Crippen molar-refractivity contribution < 1.29 is 0 Å². The van der Waals surface area contributed by atoms with E-state index in [0.717, 1.165) is 35.9 Å². The maximum absolute atomic E-state index is 6.21. The molecule has 0 saturated heterocycles. The highest BCUT2D eigenvalue weighted by Gasteiger charge is 2.08. The highest BCUT2D eigenvalue weighted by atomic mass is 35.5. The van der Waals surface area contributed by atoms with Gasteiger partial charge in [0.1, 0.15) is 0 Å². The van der Waals surface area contributed by atoms with Crippen molar-refractivity contribution >= 4 is 17.3 Å². The van der Waals surface area contributed by atoms with Crippen LogP contribution >= 0.6 is 11.6 Å². The summed E-state index contributed by atoms with van der Waals surface area (Å²) in [6, 6.07) is 11.6. The Morgan fingerprint density at radius 2 is 2.05 bits per heavy atom. The number of aromatic nitrogens is 1. The van der Waals surface area contributed by atoms with Gasteiger partial charge in [-0.3, -0.25) is 9.88 Å². The molecule has 2 aromatic rings. The van der Waals surface area contributed by atoms with E-state index in [4.69, 9.17) is 17.3 Å². The van der Waals surface area contributed by atoms with Gasteiger partial charge in [0.2, 0.25) is 0 Å². The zero-order valence-electron chi connectivity index (χ0n) is 11.0. The zero-order chi connectivity index (χ0) is 13.7. The summed E-state index contributed by atoms with van der Waals surface area (Å²) >= 11 is 6.21. The molecule has 2 rings (SSSR count). The zero-order valence-corrected chi connectivity index (χ0v) is 11.8. The fourth-order valence-corrected chi connectivity index (χ4v) is 2.18. The molecule has 100 valence electrons. The number of benzene rings is 1. The molecule has 3 nitrogen and oxygen atoms in total. The van der Waals surface area contributed by atoms with Gasteiger partial charge in [0.25, 0.3) is 0 Å². The van der Waals surface area contributed by atoms with Gasteiger partial charge in [-0.1, -0.05) is 30.7 Å². The van der Waals surface area contributed by atoms with Crippen LogP contribution in [0.5, 0.6) is 0 Å². The highest BCUT2D eigenvalue weighted by Crippen LogP contribution is 2.21. The lowest BCUT2D eigenvalue weighted by molar-refractivity contribution is 0.268. The van der Waals surface area contributed by atoms with Crippen molar-refractivity contribution in [2.45, 2.75) is 20.0 Å². The molecular weight excluding hydrogens is 258 g/mol. The minimum Gasteiger partial charge on any atom is -0.399 e. The van der Waals surface area contributed by atoms with Gasteiger partial charge in [0.05, 0.1) is 5.69 Å². The Morgan fingerprint density at radius 1 is 1.21 bits per heavy atom. The van der Waals surface area contributed by atoms with Crippen LogP contribution in [0.15, 0.2) is 42.6 Å². The fraction of sp³-hybridized carbons (Fsp3) is 0.267. The van der Waals surface area contributed by atoms with Crippen LogP contribution in [-0.2, 0) is 13.1 Å². The van der Waals surface area contributed by atoms with Crippen LogP contribution in [0, 0.1) is 0 Å². The highest BCUT2D eigenvalue weighted by molar-refractivity contribution is 6.31. The predicted octanol–water partition coefficient (Wildman–Crippen LogP) is 3.34. The van der Waals surface area contributed by atoms with E-state index in [1.807, 2.05) is 36.5 Å². The summed E-state index contributed by atoms with van der Waals surface area (Å²) in [4.78, 5) is 6.64. The number of nitrogens with two attached hydrogens (primary N) is 1. The topological polar surface area (TPSA) is 42.2 Å². The van der Waals surface area contributed by atoms with Crippen molar-refractivity contribution in [3.8, 4) is 0 Å². The Labute approximate surface area is 119 Å². The van der Waals surface area contributed by atoms with E-state index in [0.29, 0.717) is 5.69 Å². The average molecular weight is 276 g/mol. The Morgan fingerprint density at radius 3 is 2.68 bits per heavy atom. The number of anilines is 1. The summed E-state index contributed by atoms with van der Waals surface area (Å²) in [7, 11) is 0. The Hall–Kier alpha value is -1.58. The second-order valence-corrected chi connectivity index (χ2v) is 4.88. The van der Waals surface area contributed by atoms with Crippen LogP contribution in [0.25, 0.3) is 0 Å². The molecule has 19 heavy (non-hydrogen) atoms. The van der Waals surface area contributed by atoms with Crippen LogP contribution in [0.4, 0.5) is 5.69 Å². The summed E-state index contributed by atoms with van der Waals surface area (Å²) in [6.07, 6.45) is 1.82. The van der Waals surface area contributed by atoms with Gasteiger partial charge in [-0.2, -0.15) is 0 Å². The molecule has 0 amide bonds. The second-order valence-electron chi connectivity index (χ2n) is 4.48. The molecule has 0 aliphatic heterocycles. The number of pyridine rings is 1. The molecule has 0 aliphatic carbocycles. The molecule has 0 radical (unpaired) electrons. The quantitative estimate of drug-likeness (QED) is 0.851. The third-order valence-corrected chi connectivity index (χ3v) is 3.38. The lowest BCUT2D eigenvalue weighted by Crippen LogP contribution is -2.23. The Bertz CT molecular complexity index is 528. The molecule has 1 aromatic carbocycles. The van der Waals surface area contributed by atoms with E-state index in [1.165, 1.54) is 0 Å². The number of hydrogen-bond acceptors (Lipinski definition) is 3. The first-order valence-corrected chi connectivity index (χ1v) is 6.73. The summed E-state index contributed by atoms with van der Waals surface area (Å²) in [6.45, 7) is 4.69. The first kappa shape index (κ1) is 13.8. The van der Waals surface area contributed by atoms with E-state index in [2.05, 4.69) is 16.8 Å². The summed E-state index contributed by atoms with van der Waals surface area (Å²) in [5, 5.41) is 0.722. The number of rotatable bonds is 5. The second kappa shape index (κ2) is 6.55. The van der Waals surface area contributed by atoms with E-state index in [1.54, 1.807) is 6.07 Å². The first-order chi connectivity index (χ1) is 9.19. The van der Waals surface area contributed by atoms with E-state index < -0.39 is 0 Å². The maximum atomic E-state index is 6.21. The van der Waals surface area contributed by atoms with Gasteiger partial charge >= 0.3 is 0 Å². The van der Waals surface area contributed by atoms with Gasteiger partial charge < -0.3 is 5.73 Å². The van der Waals surface area contributed by atoms with Crippen molar-refractivity contribution in [1.29, 1.82) is 0 Å². The number of hydrogen-bond donors (Lipinski definition) is 1. The van der Waals surface area contributed by atoms with Gasteiger partial charge in [0, 0.05) is 30.0 Å². The summed E-state index contributed by atoms with van der Waals surface area (Å²) in [5.41, 5.74) is 8.56. The van der Waals surface area contributed by atoms with Crippen LogP contribution in [0.1, 0.15) is 18.2 Å². The maximum Gasteiger partial charge on any atom is 0.0544 e. The Balaban J connectivity index is 2.06. The largest absolute Gasteiger partial charge is 0.399 e. The number of nitrogen functional groups attached to an aromatic ring is 1.